The Morgan fingerprint density at radius 3 is 2.92 bits per heavy atom. The summed E-state index contributed by atoms with van der Waals surface area (Å²) in [6.45, 7) is 6.25. The van der Waals surface area contributed by atoms with Crippen LogP contribution in [0.15, 0.2) is 18.2 Å². The highest BCUT2D eigenvalue weighted by atomic mass is 19.1. The number of halogens is 1. The van der Waals surface area contributed by atoms with Gasteiger partial charge in [-0.3, -0.25) is 4.68 Å². The van der Waals surface area contributed by atoms with E-state index in [0.29, 0.717) is 24.5 Å². The second-order valence-corrected chi connectivity index (χ2v) is 6.51. The van der Waals surface area contributed by atoms with E-state index in [2.05, 4.69) is 15.3 Å². The van der Waals surface area contributed by atoms with Crippen LogP contribution in [0.4, 0.5) is 10.2 Å². The van der Waals surface area contributed by atoms with Crippen LogP contribution in [0.5, 0.6) is 5.75 Å². The first-order valence-corrected chi connectivity index (χ1v) is 8.65. The first-order chi connectivity index (χ1) is 12.1. The van der Waals surface area contributed by atoms with Gasteiger partial charge in [0.05, 0.1) is 30.5 Å². The van der Waals surface area contributed by atoms with Gasteiger partial charge in [0.25, 0.3) is 0 Å². The van der Waals surface area contributed by atoms with E-state index in [1.54, 1.807) is 6.07 Å². The molecule has 2 aliphatic rings. The zero-order valence-corrected chi connectivity index (χ0v) is 14.6. The number of benzene rings is 1. The second-order valence-electron chi connectivity index (χ2n) is 6.51. The number of nitrogens with zero attached hydrogens (tertiary/aromatic N) is 3. The normalized spacial score (nSPS) is 19.8. The number of hydrogen-bond acceptors (Lipinski definition) is 5. The molecule has 0 bridgehead atoms. The molecule has 0 radical (unpaired) electrons. The zero-order valence-electron chi connectivity index (χ0n) is 14.6. The number of fused-ring (bicyclic) bond motifs is 1. The van der Waals surface area contributed by atoms with Gasteiger partial charge in [0.1, 0.15) is 24.0 Å². The molecule has 4 rings (SSSR count). The molecule has 0 spiro atoms. The highest BCUT2D eigenvalue weighted by Crippen LogP contribution is 2.35. The van der Waals surface area contributed by atoms with Gasteiger partial charge in [-0.1, -0.05) is 6.07 Å². The lowest BCUT2D eigenvalue weighted by molar-refractivity contribution is 0.122. The van der Waals surface area contributed by atoms with Gasteiger partial charge in [-0.25, -0.2) is 4.39 Å². The Morgan fingerprint density at radius 1 is 1.32 bits per heavy atom. The van der Waals surface area contributed by atoms with Crippen molar-refractivity contribution in [1.29, 1.82) is 0 Å². The first-order valence-electron chi connectivity index (χ1n) is 8.65. The molecular weight excluding hydrogens is 323 g/mol. The summed E-state index contributed by atoms with van der Waals surface area (Å²) in [6, 6.07) is 4.83. The van der Waals surface area contributed by atoms with E-state index >= 15 is 0 Å². The van der Waals surface area contributed by atoms with Crippen molar-refractivity contribution >= 4 is 5.82 Å². The van der Waals surface area contributed by atoms with E-state index in [0.717, 1.165) is 43.4 Å². The predicted molar refractivity (Wildman–Crippen MR) is 92.5 cm³/mol. The van der Waals surface area contributed by atoms with Crippen molar-refractivity contribution < 1.29 is 13.9 Å². The standard InChI is InChI=1S/C18H23FN4O2/c1-12-13(18(22(2)21-12)23-6-8-24-9-7-23)10-20-15-11-25-16-5-3-4-14(19)17(15)16/h3-5,15,20H,6-11H2,1-2H3. The summed E-state index contributed by atoms with van der Waals surface area (Å²) in [5, 5.41) is 8.03. The van der Waals surface area contributed by atoms with Gasteiger partial charge in [-0.05, 0) is 19.1 Å². The minimum atomic E-state index is -0.219. The molecule has 2 aromatic rings. The molecule has 1 atom stereocenters. The van der Waals surface area contributed by atoms with Crippen LogP contribution in [0.1, 0.15) is 22.9 Å². The molecule has 25 heavy (non-hydrogen) atoms. The largest absolute Gasteiger partial charge is 0.491 e. The zero-order chi connectivity index (χ0) is 17.4. The Hall–Kier alpha value is -2.12. The smallest absolute Gasteiger partial charge is 0.131 e. The summed E-state index contributed by atoms with van der Waals surface area (Å²) in [6.07, 6.45) is 0. The number of anilines is 1. The molecule has 1 saturated heterocycles. The van der Waals surface area contributed by atoms with Crippen LogP contribution < -0.4 is 15.0 Å². The van der Waals surface area contributed by atoms with Gasteiger partial charge in [-0.2, -0.15) is 5.10 Å². The molecule has 1 N–H and O–H groups in total. The summed E-state index contributed by atoms with van der Waals surface area (Å²) in [4.78, 5) is 2.31. The number of morpholine rings is 1. The molecule has 134 valence electrons. The van der Waals surface area contributed by atoms with Crippen LogP contribution in [0.25, 0.3) is 0 Å². The molecule has 1 fully saturated rings. The fourth-order valence-electron chi connectivity index (χ4n) is 3.69. The van der Waals surface area contributed by atoms with Gasteiger partial charge in [0, 0.05) is 32.2 Å². The fourth-order valence-corrected chi connectivity index (χ4v) is 3.69. The maximum Gasteiger partial charge on any atom is 0.131 e. The van der Waals surface area contributed by atoms with Crippen molar-refractivity contribution in [2.75, 3.05) is 37.8 Å². The number of ether oxygens (including phenoxy) is 2. The molecule has 0 aliphatic carbocycles. The predicted octanol–water partition coefficient (Wildman–Crippen LogP) is 1.93. The first kappa shape index (κ1) is 16.4. The fraction of sp³-hybridized carbons (Fsp3) is 0.500. The number of aryl methyl sites for hydroxylation is 2. The number of hydrogen-bond donors (Lipinski definition) is 1. The third kappa shape index (κ3) is 2.98. The minimum Gasteiger partial charge on any atom is -0.491 e. The Kier molecular flexibility index (Phi) is 4.35. The van der Waals surface area contributed by atoms with Crippen LogP contribution in [0, 0.1) is 12.7 Å². The molecule has 1 aromatic carbocycles. The Balaban J connectivity index is 1.55. The minimum absolute atomic E-state index is 0.145. The van der Waals surface area contributed by atoms with Crippen molar-refractivity contribution in [2.45, 2.75) is 19.5 Å². The molecule has 1 unspecified atom stereocenters. The van der Waals surface area contributed by atoms with Crippen LogP contribution >= 0.6 is 0 Å². The topological polar surface area (TPSA) is 51.5 Å². The van der Waals surface area contributed by atoms with E-state index in [9.17, 15) is 4.39 Å². The highest BCUT2D eigenvalue weighted by molar-refractivity contribution is 5.50. The van der Waals surface area contributed by atoms with Crippen molar-refractivity contribution in [3.05, 3.63) is 40.8 Å². The van der Waals surface area contributed by atoms with Gasteiger partial charge in [0.2, 0.25) is 0 Å². The highest BCUT2D eigenvalue weighted by Gasteiger charge is 2.28. The monoisotopic (exact) mass is 346 g/mol. The van der Waals surface area contributed by atoms with E-state index in [1.165, 1.54) is 6.07 Å². The average molecular weight is 346 g/mol. The number of rotatable bonds is 4. The molecule has 6 nitrogen and oxygen atoms in total. The van der Waals surface area contributed by atoms with Crippen LogP contribution in [0.3, 0.4) is 0 Å². The summed E-state index contributed by atoms with van der Waals surface area (Å²) >= 11 is 0. The van der Waals surface area contributed by atoms with Crippen molar-refractivity contribution in [2.24, 2.45) is 7.05 Å². The van der Waals surface area contributed by atoms with Gasteiger partial charge < -0.3 is 19.7 Å². The molecule has 0 saturated carbocycles. The second kappa shape index (κ2) is 6.65. The number of aromatic nitrogens is 2. The molecule has 1 aromatic heterocycles. The molecule has 2 aliphatic heterocycles. The SMILES string of the molecule is Cc1nn(C)c(N2CCOCC2)c1CNC1COc2cccc(F)c21. The lowest BCUT2D eigenvalue weighted by Crippen LogP contribution is -2.38. The average Bonchev–Trinajstić information content (AvgIpc) is 3.15. The van der Waals surface area contributed by atoms with Gasteiger partial charge in [0.15, 0.2) is 0 Å². The maximum atomic E-state index is 14.2. The Bertz CT molecular complexity index is 771. The van der Waals surface area contributed by atoms with Crippen LogP contribution in [0.2, 0.25) is 0 Å². The van der Waals surface area contributed by atoms with Crippen LogP contribution in [-0.4, -0.2) is 42.7 Å². The molecule has 0 amide bonds. The van der Waals surface area contributed by atoms with Gasteiger partial charge in [-0.15, -0.1) is 0 Å². The van der Waals surface area contributed by atoms with E-state index < -0.39 is 0 Å². The van der Waals surface area contributed by atoms with Crippen molar-refractivity contribution in [3.8, 4) is 5.75 Å². The van der Waals surface area contributed by atoms with Crippen molar-refractivity contribution in [1.82, 2.24) is 15.1 Å². The third-order valence-corrected chi connectivity index (χ3v) is 4.92. The van der Waals surface area contributed by atoms with Crippen molar-refractivity contribution in [3.63, 3.8) is 0 Å². The molecule has 7 heteroatoms. The molecule has 3 heterocycles. The van der Waals surface area contributed by atoms with Gasteiger partial charge >= 0.3 is 0 Å². The quantitative estimate of drug-likeness (QED) is 0.917. The Labute approximate surface area is 146 Å². The summed E-state index contributed by atoms with van der Waals surface area (Å²) in [7, 11) is 1.97. The lowest BCUT2D eigenvalue weighted by Gasteiger charge is -2.29. The van der Waals surface area contributed by atoms with Crippen LogP contribution in [-0.2, 0) is 18.3 Å². The lowest BCUT2D eigenvalue weighted by atomic mass is 10.1. The third-order valence-electron chi connectivity index (χ3n) is 4.92. The maximum absolute atomic E-state index is 14.2. The number of nitrogens with one attached hydrogen (secondary N) is 1. The molecular formula is C18H23FN4O2. The van der Waals surface area contributed by atoms with E-state index in [1.807, 2.05) is 24.7 Å². The van der Waals surface area contributed by atoms with E-state index in [-0.39, 0.29) is 11.9 Å². The summed E-state index contributed by atoms with van der Waals surface area (Å²) in [5.41, 5.74) is 2.76. The van der Waals surface area contributed by atoms with E-state index in [4.69, 9.17) is 9.47 Å². The summed E-state index contributed by atoms with van der Waals surface area (Å²) in [5.74, 6) is 1.53. The Morgan fingerprint density at radius 2 is 2.12 bits per heavy atom. The summed E-state index contributed by atoms with van der Waals surface area (Å²) < 4.78 is 27.2.